The summed E-state index contributed by atoms with van der Waals surface area (Å²) in [5, 5.41) is 2.20. The molecule has 2 unspecified atom stereocenters. The SMILES string of the molecule is O=C(C1CC(c2cccs2)NN1)N1CCN(S(=O)(=O)c2c(Cl)cccc2Cl)CC1. The molecule has 2 saturated heterocycles. The van der Waals surface area contributed by atoms with Gasteiger partial charge in [-0.2, -0.15) is 4.31 Å². The van der Waals surface area contributed by atoms with Crippen LogP contribution in [0.2, 0.25) is 10.0 Å². The van der Waals surface area contributed by atoms with Crippen LogP contribution in [-0.2, 0) is 14.8 Å². The summed E-state index contributed by atoms with van der Waals surface area (Å²) < 4.78 is 27.3. The highest BCUT2D eigenvalue weighted by Crippen LogP contribution is 2.32. The summed E-state index contributed by atoms with van der Waals surface area (Å²) in [6.07, 6.45) is 0.660. The van der Waals surface area contributed by atoms with Gasteiger partial charge in [-0.3, -0.25) is 4.79 Å². The summed E-state index contributed by atoms with van der Waals surface area (Å²) in [7, 11) is -3.83. The average molecular weight is 475 g/mol. The number of rotatable bonds is 4. The van der Waals surface area contributed by atoms with Crippen molar-refractivity contribution in [2.45, 2.75) is 23.4 Å². The van der Waals surface area contributed by atoms with Gasteiger partial charge in [-0.05, 0) is 30.0 Å². The number of hydrazine groups is 1. The van der Waals surface area contributed by atoms with Crippen LogP contribution < -0.4 is 10.9 Å². The predicted octanol–water partition coefficient (Wildman–Crippen LogP) is 2.50. The van der Waals surface area contributed by atoms with E-state index in [1.165, 1.54) is 21.3 Å². The molecule has 2 aliphatic heterocycles. The molecule has 2 atom stereocenters. The lowest BCUT2D eigenvalue weighted by Gasteiger charge is -2.35. The third kappa shape index (κ3) is 4.18. The van der Waals surface area contributed by atoms with E-state index in [0.717, 1.165) is 0 Å². The highest BCUT2D eigenvalue weighted by atomic mass is 35.5. The van der Waals surface area contributed by atoms with Crippen molar-refractivity contribution in [1.29, 1.82) is 0 Å². The second-order valence-corrected chi connectivity index (χ2v) is 10.6. The third-order valence-corrected chi connectivity index (χ3v) is 9.00. The fourth-order valence-corrected chi connectivity index (χ4v) is 6.93. The number of carbonyl (C=O) groups is 1. The Morgan fingerprint density at radius 3 is 2.34 bits per heavy atom. The van der Waals surface area contributed by atoms with Crippen LogP contribution in [0, 0.1) is 0 Å². The Morgan fingerprint density at radius 2 is 1.72 bits per heavy atom. The van der Waals surface area contributed by atoms with Crippen LogP contribution in [0.3, 0.4) is 0 Å². The first kappa shape index (κ1) is 21.0. The number of thiophene rings is 1. The Morgan fingerprint density at radius 1 is 1.03 bits per heavy atom. The second-order valence-electron chi connectivity index (χ2n) is 6.93. The molecule has 1 aromatic carbocycles. The molecule has 0 aliphatic carbocycles. The quantitative estimate of drug-likeness (QED) is 0.711. The predicted molar refractivity (Wildman–Crippen MR) is 114 cm³/mol. The van der Waals surface area contributed by atoms with Gasteiger partial charge >= 0.3 is 0 Å². The molecular formula is C18H20Cl2N4O3S2. The van der Waals surface area contributed by atoms with Gasteiger partial charge < -0.3 is 4.90 Å². The highest BCUT2D eigenvalue weighted by molar-refractivity contribution is 7.89. The molecule has 156 valence electrons. The number of hydrogen-bond acceptors (Lipinski definition) is 6. The van der Waals surface area contributed by atoms with E-state index in [1.54, 1.807) is 22.3 Å². The zero-order valence-electron chi connectivity index (χ0n) is 15.3. The fraction of sp³-hybridized carbons (Fsp3) is 0.389. The summed E-state index contributed by atoms with van der Waals surface area (Å²) >= 11 is 13.8. The number of sulfonamides is 1. The van der Waals surface area contributed by atoms with Crippen molar-refractivity contribution in [3.63, 3.8) is 0 Å². The minimum Gasteiger partial charge on any atom is -0.339 e. The van der Waals surface area contributed by atoms with E-state index < -0.39 is 10.0 Å². The maximum absolute atomic E-state index is 13.0. The number of benzene rings is 1. The second kappa shape index (κ2) is 8.50. The lowest BCUT2D eigenvalue weighted by atomic mass is 10.1. The van der Waals surface area contributed by atoms with E-state index >= 15 is 0 Å². The molecule has 4 rings (SSSR count). The van der Waals surface area contributed by atoms with Crippen molar-refractivity contribution >= 4 is 50.5 Å². The van der Waals surface area contributed by atoms with Crippen LogP contribution in [0.1, 0.15) is 17.3 Å². The Labute approximate surface area is 183 Å². The van der Waals surface area contributed by atoms with Gasteiger partial charge in [0.1, 0.15) is 10.9 Å². The van der Waals surface area contributed by atoms with Crippen LogP contribution in [0.4, 0.5) is 0 Å². The van der Waals surface area contributed by atoms with Crippen LogP contribution in [0.25, 0.3) is 0 Å². The molecule has 0 radical (unpaired) electrons. The van der Waals surface area contributed by atoms with Gasteiger partial charge in [0.25, 0.3) is 0 Å². The Bertz CT molecular complexity index is 972. The van der Waals surface area contributed by atoms with Gasteiger partial charge in [-0.15, -0.1) is 11.3 Å². The Kier molecular flexibility index (Phi) is 6.17. The Balaban J connectivity index is 1.39. The lowest BCUT2D eigenvalue weighted by molar-refractivity contribution is -0.134. The molecule has 29 heavy (non-hydrogen) atoms. The first-order valence-electron chi connectivity index (χ1n) is 9.15. The van der Waals surface area contributed by atoms with Crippen molar-refractivity contribution < 1.29 is 13.2 Å². The summed E-state index contributed by atoms with van der Waals surface area (Å²) in [6, 6.07) is 8.41. The topological polar surface area (TPSA) is 81.8 Å². The molecule has 1 amide bonds. The van der Waals surface area contributed by atoms with Gasteiger partial charge in [-0.25, -0.2) is 19.3 Å². The van der Waals surface area contributed by atoms with Gasteiger partial charge in [0.05, 0.1) is 16.1 Å². The minimum absolute atomic E-state index is 0.0237. The number of amides is 1. The van der Waals surface area contributed by atoms with Gasteiger partial charge in [-0.1, -0.05) is 35.3 Å². The number of carbonyl (C=O) groups excluding carboxylic acids is 1. The van der Waals surface area contributed by atoms with Gasteiger partial charge in [0.15, 0.2) is 0 Å². The molecule has 7 nitrogen and oxygen atoms in total. The minimum atomic E-state index is -3.83. The first-order valence-corrected chi connectivity index (χ1v) is 12.2. The highest BCUT2D eigenvalue weighted by Gasteiger charge is 2.37. The molecule has 2 fully saturated rings. The van der Waals surface area contributed by atoms with Crippen molar-refractivity contribution in [1.82, 2.24) is 20.1 Å². The molecule has 1 aromatic heterocycles. The first-order chi connectivity index (χ1) is 13.9. The standard InChI is InChI=1S/C18H20Cl2N4O3S2/c19-12-3-1-4-13(20)17(12)29(26,27)24-8-6-23(7-9-24)18(25)15-11-14(21-22-15)16-5-2-10-28-16/h1-5,10,14-15,21-22H,6-9,11H2. The third-order valence-electron chi connectivity index (χ3n) is 5.16. The van der Waals surface area contributed by atoms with Crippen molar-refractivity contribution in [2.24, 2.45) is 0 Å². The molecule has 0 saturated carbocycles. The maximum Gasteiger partial charge on any atom is 0.246 e. The largest absolute Gasteiger partial charge is 0.339 e. The van der Waals surface area contributed by atoms with Crippen molar-refractivity contribution in [3.05, 3.63) is 50.6 Å². The van der Waals surface area contributed by atoms with E-state index in [-0.39, 0.29) is 46.0 Å². The maximum atomic E-state index is 13.0. The fourth-order valence-electron chi connectivity index (χ4n) is 3.62. The lowest BCUT2D eigenvalue weighted by Crippen LogP contribution is -2.54. The number of nitrogens with zero attached hydrogens (tertiary/aromatic N) is 2. The van der Waals surface area contributed by atoms with Gasteiger partial charge in [0.2, 0.25) is 15.9 Å². The zero-order valence-corrected chi connectivity index (χ0v) is 18.5. The Hall–Kier alpha value is -1.20. The molecule has 2 aromatic rings. The molecule has 2 N–H and O–H groups in total. The van der Waals surface area contributed by atoms with E-state index in [0.29, 0.717) is 19.5 Å². The molecule has 0 bridgehead atoms. The van der Waals surface area contributed by atoms with Crippen LogP contribution in [-0.4, -0.2) is 55.8 Å². The summed E-state index contributed by atoms with van der Waals surface area (Å²) in [5.41, 5.74) is 6.25. The number of nitrogens with one attached hydrogen (secondary N) is 2. The average Bonchev–Trinajstić information content (AvgIpc) is 3.39. The smallest absolute Gasteiger partial charge is 0.246 e. The van der Waals surface area contributed by atoms with E-state index in [2.05, 4.69) is 10.9 Å². The van der Waals surface area contributed by atoms with Crippen LogP contribution >= 0.6 is 34.5 Å². The molecule has 3 heterocycles. The van der Waals surface area contributed by atoms with Crippen molar-refractivity contribution in [2.75, 3.05) is 26.2 Å². The van der Waals surface area contributed by atoms with Crippen molar-refractivity contribution in [3.8, 4) is 0 Å². The molecule has 0 spiro atoms. The molecule has 2 aliphatic rings. The number of piperazine rings is 1. The zero-order chi connectivity index (χ0) is 20.6. The number of hydrogen-bond donors (Lipinski definition) is 2. The summed E-state index contributed by atoms with van der Waals surface area (Å²) in [6.45, 7) is 1.04. The number of halogens is 2. The summed E-state index contributed by atoms with van der Waals surface area (Å²) in [5.74, 6) is -0.0237. The van der Waals surface area contributed by atoms with Crippen LogP contribution in [0.15, 0.2) is 40.6 Å². The van der Waals surface area contributed by atoms with E-state index in [4.69, 9.17) is 23.2 Å². The molecule has 11 heteroatoms. The van der Waals surface area contributed by atoms with Gasteiger partial charge in [0, 0.05) is 31.1 Å². The van der Waals surface area contributed by atoms with Crippen LogP contribution in [0.5, 0.6) is 0 Å². The normalized spacial score (nSPS) is 23.4. The molecular weight excluding hydrogens is 455 g/mol. The monoisotopic (exact) mass is 474 g/mol. The van der Waals surface area contributed by atoms with E-state index in [9.17, 15) is 13.2 Å². The summed E-state index contributed by atoms with van der Waals surface area (Å²) in [4.78, 5) is 15.7. The van der Waals surface area contributed by atoms with E-state index in [1.807, 2.05) is 17.5 Å².